The van der Waals surface area contributed by atoms with Crippen molar-refractivity contribution < 1.29 is 25.2 Å². The molecular formula is C30H35N3O5. The molecule has 1 unspecified atom stereocenters. The van der Waals surface area contributed by atoms with Gasteiger partial charge in [-0.05, 0) is 48.4 Å². The zero-order chi connectivity index (χ0) is 26.9. The van der Waals surface area contributed by atoms with Gasteiger partial charge in [0.05, 0.1) is 20.3 Å². The molecule has 4 rings (SSSR count). The van der Waals surface area contributed by atoms with Crippen molar-refractivity contribution in [2.45, 2.75) is 25.9 Å². The molecule has 8 nitrogen and oxygen atoms in total. The van der Waals surface area contributed by atoms with Crippen molar-refractivity contribution >= 4 is 22.7 Å². The third-order valence-corrected chi connectivity index (χ3v) is 6.38. The fourth-order valence-corrected chi connectivity index (χ4v) is 4.43. The van der Waals surface area contributed by atoms with Crippen molar-refractivity contribution in [2.24, 2.45) is 0 Å². The number of nitrogens with zero attached hydrogens (tertiary/aromatic N) is 1. The van der Waals surface area contributed by atoms with Crippen molar-refractivity contribution in [1.29, 1.82) is 0 Å². The van der Waals surface area contributed by atoms with E-state index in [0.717, 1.165) is 22.0 Å². The van der Waals surface area contributed by atoms with E-state index in [9.17, 15) is 9.59 Å². The first-order chi connectivity index (χ1) is 18.5. The van der Waals surface area contributed by atoms with Gasteiger partial charge in [-0.25, -0.2) is 0 Å². The highest BCUT2D eigenvalue weighted by Gasteiger charge is 2.22. The first-order valence-electron chi connectivity index (χ1n) is 12.5. The number of methoxy groups -OCH3 is 2. The van der Waals surface area contributed by atoms with Crippen LogP contribution in [0, 0.1) is 0 Å². The van der Waals surface area contributed by atoms with Crippen LogP contribution < -0.4 is 19.5 Å². The van der Waals surface area contributed by atoms with Gasteiger partial charge in [-0.3, -0.25) is 9.59 Å². The van der Waals surface area contributed by atoms with E-state index in [0.29, 0.717) is 36.8 Å². The molecule has 0 bridgehead atoms. The van der Waals surface area contributed by atoms with Crippen molar-refractivity contribution in [3.63, 3.8) is 0 Å². The van der Waals surface area contributed by atoms with Crippen molar-refractivity contribution in [2.75, 3.05) is 27.4 Å². The minimum absolute atomic E-state index is 0. The maximum atomic E-state index is 13.0. The van der Waals surface area contributed by atoms with Crippen LogP contribution in [-0.4, -0.2) is 55.1 Å². The molecular weight excluding hydrogens is 482 g/mol. The van der Waals surface area contributed by atoms with Gasteiger partial charge < -0.3 is 29.4 Å². The highest BCUT2D eigenvalue weighted by molar-refractivity contribution is 5.83. The minimum atomic E-state index is -0.347. The van der Waals surface area contributed by atoms with Crippen molar-refractivity contribution in [1.82, 2.24) is 15.2 Å². The van der Waals surface area contributed by atoms with Gasteiger partial charge in [0.15, 0.2) is 6.61 Å². The number of hydrogen-bond acceptors (Lipinski definition) is 5. The quantitative estimate of drug-likeness (QED) is 0.287. The Hall–Kier alpha value is -4.46. The zero-order valence-electron chi connectivity index (χ0n) is 21.9. The second-order valence-electron chi connectivity index (χ2n) is 9.00. The number of nitrogens with one attached hydrogen (secondary N) is 2. The number of hydrogen-bond donors (Lipinski definition) is 2. The summed E-state index contributed by atoms with van der Waals surface area (Å²) in [4.78, 5) is 30.7. The van der Waals surface area contributed by atoms with Crippen LogP contribution in [0.15, 0.2) is 79.0 Å². The maximum Gasteiger partial charge on any atom is 0.258 e. The Morgan fingerprint density at radius 3 is 2.37 bits per heavy atom. The molecule has 0 radical (unpaired) electrons. The van der Waals surface area contributed by atoms with Gasteiger partial charge in [0.2, 0.25) is 5.91 Å². The van der Waals surface area contributed by atoms with Gasteiger partial charge in [-0.15, -0.1) is 0 Å². The predicted octanol–water partition coefficient (Wildman–Crippen LogP) is 4.59. The van der Waals surface area contributed by atoms with Gasteiger partial charge >= 0.3 is 0 Å². The molecule has 200 valence electrons. The zero-order valence-corrected chi connectivity index (χ0v) is 21.9. The number of carbonyl (C=O) groups excluding carboxylic acids is 2. The first-order valence-corrected chi connectivity index (χ1v) is 12.5. The Kier molecular flexibility index (Phi) is 8.87. The van der Waals surface area contributed by atoms with E-state index in [2.05, 4.69) is 10.3 Å². The molecule has 0 aliphatic carbocycles. The Balaban J connectivity index is 0.00000420. The standard InChI is InChI=1S/C30H33N3O5.H2/c1-21(34)33(18-22-8-4-7-11-29(22)37-3)19-24(16-23-17-31-28-10-6-5-9-27(23)28)32-30(35)20-38-26-14-12-25(36-2)13-15-26;/h4-15,17,24,31H,16,18-20H2,1-3H3,(H,32,35);1H. The molecule has 0 fully saturated rings. The maximum absolute atomic E-state index is 13.0. The van der Waals surface area contributed by atoms with E-state index in [1.807, 2.05) is 54.7 Å². The van der Waals surface area contributed by atoms with Gasteiger partial charge in [-0.1, -0.05) is 36.4 Å². The number of para-hydroxylation sites is 2. The summed E-state index contributed by atoms with van der Waals surface area (Å²) >= 11 is 0. The number of rotatable bonds is 12. The molecule has 0 spiro atoms. The summed E-state index contributed by atoms with van der Waals surface area (Å²) in [6, 6.07) is 22.3. The lowest BCUT2D eigenvalue weighted by atomic mass is 10.0. The van der Waals surface area contributed by atoms with Crippen LogP contribution in [0.4, 0.5) is 0 Å². The summed E-state index contributed by atoms with van der Waals surface area (Å²) < 4.78 is 16.3. The fraction of sp³-hybridized carbons (Fsp3) is 0.267. The number of fused-ring (bicyclic) bond motifs is 1. The van der Waals surface area contributed by atoms with Gasteiger partial charge in [-0.2, -0.15) is 0 Å². The topological polar surface area (TPSA) is 92.9 Å². The predicted molar refractivity (Wildman–Crippen MR) is 149 cm³/mol. The van der Waals surface area contributed by atoms with Gasteiger partial charge in [0.1, 0.15) is 17.2 Å². The molecule has 1 aromatic heterocycles. The third-order valence-electron chi connectivity index (χ3n) is 6.38. The van der Waals surface area contributed by atoms with E-state index >= 15 is 0 Å². The summed E-state index contributed by atoms with van der Waals surface area (Å²) in [5, 5.41) is 4.17. The Bertz CT molecular complexity index is 1370. The second-order valence-corrected chi connectivity index (χ2v) is 9.00. The van der Waals surface area contributed by atoms with Crippen LogP contribution in [0.25, 0.3) is 10.9 Å². The lowest BCUT2D eigenvalue weighted by Crippen LogP contribution is -2.47. The van der Waals surface area contributed by atoms with Crippen LogP contribution in [-0.2, 0) is 22.6 Å². The van der Waals surface area contributed by atoms with Crippen LogP contribution >= 0.6 is 0 Å². The summed E-state index contributed by atoms with van der Waals surface area (Å²) in [5.74, 6) is 1.62. The van der Waals surface area contributed by atoms with Gasteiger partial charge in [0.25, 0.3) is 5.91 Å². The van der Waals surface area contributed by atoms with Crippen LogP contribution in [0.1, 0.15) is 19.5 Å². The minimum Gasteiger partial charge on any atom is -0.497 e. The van der Waals surface area contributed by atoms with E-state index in [4.69, 9.17) is 14.2 Å². The SMILES string of the molecule is COc1ccc(OCC(=O)NC(Cc2c[nH]c3ccccc23)CN(Cc2ccccc2OC)C(C)=O)cc1.[HH]. The average Bonchev–Trinajstić information content (AvgIpc) is 3.34. The number of ether oxygens (including phenoxy) is 3. The largest absolute Gasteiger partial charge is 0.497 e. The number of aromatic amines is 1. The molecule has 0 saturated carbocycles. The smallest absolute Gasteiger partial charge is 0.258 e. The van der Waals surface area contributed by atoms with Crippen molar-refractivity contribution in [3.8, 4) is 17.2 Å². The summed E-state index contributed by atoms with van der Waals surface area (Å²) in [5.41, 5.74) is 2.97. The molecule has 3 aromatic carbocycles. The van der Waals surface area contributed by atoms with E-state index in [-0.39, 0.29) is 25.9 Å². The number of H-pyrrole nitrogens is 1. The van der Waals surface area contributed by atoms with Crippen LogP contribution in [0.3, 0.4) is 0 Å². The molecule has 2 N–H and O–H groups in total. The highest BCUT2D eigenvalue weighted by atomic mass is 16.5. The van der Waals surface area contributed by atoms with Crippen molar-refractivity contribution in [3.05, 3.63) is 90.1 Å². The highest BCUT2D eigenvalue weighted by Crippen LogP contribution is 2.22. The normalized spacial score (nSPS) is 11.6. The van der Waals surface area contributed by atoms with Gasteiger partial charge in [0, 0.05) is 44.1 Å². The Morgan fingerprint density at radius 2 is 1.63 bits per heavy atom. The summed E-state index contributed by atoms with van der Waals surface area (Å²) in [6.45, 7) is 2.07. The molecule has 0 saturated heterocycles. The lowest BCUT2D eigenvalue weighted by Gasteiger charge is -2.28. The van der Waals surface area contributed by atoms with E-state index in [1.54, 1.807) is 43.4 Å². The monoisotopic (exact) mass is 517 g/mol. The first kappa shape index (κ1) is 26.6. The van der Waals surface area contributed by atoms with E-state index < -0.39 is 0 Å². The Labute approximate surface area is 224 Å². The van der Waals surface area contributed by atoms with Crippen LogP contribution in [0.2, 0.25) is 0 Å². The second kappa shape index (κ2) is 12.7. The average molecular weight is 518 g/mol. The number of amides is 2. The molecule has 1 heterocycles. The molecule has 8 heteroatoms. The summed E-state index contributed by atoms with van der Waals surface area (Å²) in [7, 11) is 3.20. The number of carbonyl (C=O) groups is 2. The third kappa shape index (κ3) is 6.85. The summed E-state index contributed by atoms with van der Waals surface area (Å²) in [6.07, 6.45) is 2.49. The number of aromatic nitrogens is 1. The molecule has 2 amide bonds. The number of benzene rings is 3. The lowest BCUT2D eigenvalue weighted by molar-refractivity contribution is -0.131. The Morgan fingerprint density at radius 1 is 0.921 bits per heavy atom. The molecule has 4 aromatic rings. The molecule has 0 aliphatic rings. The van der Waals surface area contributed by atoms with E-state index in [1.165, 1.54) is 6.92 Å². The molecule has 0 aliphatic heterocycles. The molecule has 38 heavy (non-hydrogen) atoms. The molecule has 1 atom stereocenters. The fourth-order valence-electron chi connectivity index (χ4n) is 4.43. The van der Waals surface area contributed by atoms with Crippen LogP contribution in [0.5, 0.6) is 17.2 Å².